The highest BCUT2D eigenvalue weighted by molar-refractivity contribution is 5.81. The van der Waals surface area contributed by atoms with Crippen molar-refractivity contribution in [1.29, 1.82) is 0 Å². The van der Waals surface area contributed by atoms with Gasteiger partial charge in [0.2, 0.25) is 5.91 Å². The van der Waals surface area contributed by atoms with Crippen LogP contribution >= 0.6 is 0 Å². The molecule has 0 atom stereocenters. The molecule has 0 aliphatic rings. The number of carbonyl (C=O) groups is 1. The van der Waals surface area contributed by atoms with E-state index in [9.17, 15) is 18.0 Å². The summed E-state index contributed by atoms with van der Waals surface area (Å²) in [6.07, 6.45) is -3.82. The van der Waals surface area contributed by atoms with Gasteiger partial charge in [0.25, 0.3) is 0 Å². The molecule has 0 bridgehead atoms. The summed E-state index contributed by atoms with van der Waals surface area (Å²) in [5.74, 6) is -0.374. The Morgan fingerprint density at radius 1 is 1.30 bits per heavy atom. The minimum atomic E-state index is -4.75. The topological polar surface area (TPSA) is 63.2 Å². The average molecular weight is 291 g/mol. The molecule has 2 N–H and O–H groups in total. The molecule has 1 heterocycles. The summed E-state index contributed by atoms with van der Waals surface area (Å²) in [7, 11) is 0. The summed E-state index contributed by atoms with van der Waals surface area (Å²) in [5, 5.41) is 5.43. The molecule has 0 spiro atoms. The maximum absolute atomic E-state index is 11.9. The predicted octanol–water partition coefficient (Wildman–Crippen LogP) is 2.31. The molecule has 1 amide bonds. The standard InChI is InChI=1S/C12H16F3N3O2/c1-11(2,3)18-10(19)7-17-9-5-4-8(6-16-9)20-12(13,14)15/h4-6H,7H2,1-3H3,(H,16,17)(H,18,19). The molecule has 20 heavy (non-hydrogen) atoms. The lowest BCUT2D eigenvalue weighted by Gasteiger charge is -2.20. The van der Waals surface area contributed by atoms with E-state index >= 15 is 0 Å². The second-order valence-corrected chi connectivity index (χ2v) is 5.08. The van der Waals surface area contributed by atoms with Crippen molar-refractivity contribution >= 4 is 11.7 Å². The molecule has 5 nitrogen and oxygen atoms in total. The Morgan fingerprint density at radius 3 is 2.40 bits per heavy atom. The molecule has 0 saturated heterocycles. The lowest BCUT2D eigenvalue weighted by molar-refractivity contribution is -0.274. The van der Waals surface area contributed by atoms with E-state index in [1.807, 2.05) is 20.8 Å². The highest BCUT2D eigenvalue weighted by Gasteiger charge is 2.31. The number of amides is 1. The van der Waals surface area contributed by atoms with Crippen LogP contribution < -0.4 is 15.4 Å². The molecule has 1 rings (SSSR count). The van der Waals surface area contributed by atoms with Crippen LogP contribution in [-0.2, 0) is 4.79 Å². The van der Waals surface area contributed by atoms with E-state index in [1.54, 1.807) is 0 Å². The van der Waals surface area contributed by atoms with Gasteiger partial charge < -0.3 is 15.4 Å². The molecule has 0 aliphatic heterocycles. The van der Waals surface area contributed by atoms with E-state index < -0.39 is 12.1 Å². The number of nitrogens with zero attached hydrogens (tertiary/aromatic N) is 1. The summed E-state index contributed by atoms with van der Waals surface area (Å²) < 4.78 is 39.5. The van der Waals surface area contributed by atoms with Gasteiger partial charge in [-0.3, -0.25) is 4.79 Å². The van der Waals surface area contributed by atoms with Crippen LogP contribution in [0.15, 0.2) is 18.3 Å². The second kappa shape index (κ2) is 5.98. The van der Waals surface area contributed by atoms with Gasteiger partial charge in [-0.05, 0) is 32.9 Å². The molecule has 0 radical (unpaired) electrons. The van der Waals surface area contributed by atoms with Crippen molar-refractivity contribution in [3.63, 3.8) is 0 Å². The summed E-state index contributed by atoms with van der Waals surface area (Å²) in [6, 6.07) is 2.41. The van der Waals surface area contributed by atoms with Gasteiger partial charge in [-0.15, -0.1) is 13.2 Å². The first-order chi connectivity index (χ1) is 9.05. The van der Waals surface area contributed by atoms with E-state index in [0.29, 0.717) is 0 Å². The van der Waals surface area contributed by atoms with Crippen LogP contribution in [0.5, 0.6) is 5.75 Å². The van der Waals surface area contributed by atoms with Gasteiger partial charge in [-0.25, -0.2) is 4.98 Å². The van der Waals surface area contributed by atoms with Crippen LogP contribution in [0.2, 0.25) is 0 Å². The Morgan fingerprint density at radius 2 is 1.95 bits per heavy atom. The molecule has 8 heteroatoms. The first kappa shape index (κ1) is 16.1. The van der Waals surface area contributed by atoms with E-state index in [0.717, 1.165) is 12.3 Å². The van der Waals surface area contributed by atoms with Crippen molar-refractivity contribution in [1.82, 2.24) is 10.3 Å². The molecule has 0 unspecified atom stereocenters. The molecule has 0 aliphatic carbocycles. The monoisotopic (exact) mass is 291 g/mol. The van der Waals surface area contributed by atoms with Crippen molar-refractivity contribution in [2.45, 2.75) is 32.7 Å². The minimum Gasteiger partial charge on any atom is -0.404 e. The van der Waals surface area contributed by atoms with Crippen molar-refractivity contribution in [3.8, 4) is 5.75 Å². The second-order valence-electron chi connectivity index (χ2n) is 5.08. The Kier molecular flexibility index (Phi) is 4.80. The van der Waals surface area contributed by atoms with Crippen molar-refractivity contribution < 1.29 is 22.7 Å². The number of carbonyl (C=O) groups excluding carboxylic acids is 1. The molecule has 1 aromatic rings. The Hall–Kier alpha value is -1.99. The SMILES string of the molecule is CC(C)(C)NC(=O)CNc1ccc(OC(F)(F)F)cn1. The first-order valence-electron chi connectivity index (χ1n) is 5.82. The molecule has 0 fully saturated rings. The number of hydrogen-bond acceptors (Lipinski definition) is 4. The predicted molar refractivity (Wildman–Crippen MR) is 67.3 cm³/mol. The van der Waals surface area contributed by atoms with Crippen molar-refractivity contribution in [2.75, 3.05) is 11.9 Å². The number of pyridine rings is 1. The van der Waals surface area contributed by atoms with Gasteiger partial charge in [0.05, 0.1) is 12.7 Å². The third-order valence-corrected chi connectivity index (χ3v) is 1.91. The van der Waals surface area contributed by atoms with Gasteiger partial charge in [0.1, 0.15) is 11.6 Å². The fourth-order valence-corrected chi connectivity index (χ4v) is 1.31. The van der Waals surface area contributed by atoms with E-state index in [2.05, 4.69) is 20.4 Å². The Bertz CT molecular complexity index is 453. The van der Waals surface area contributed by atoms with Crippen molar-refractivity contribution in [2.24, 2.45) is 0 Å². The first-order valence-corrected chi connectivity index (χ1v) is 5.82. The molecule has 0 aromatic carbocycles. The molecule has 1 aromatic heterocycles. The quantitative estimate of drug-likeness (QED) is 0.893. The van der Waals surface area contributed by atoms with Gasteiger partial charge >= 0.3 is 6.36 Å². The number of rotatable bonds is 4. The highest BCUT2D eigenvalue weighted by atomic mass is 19.4. The lowest BCUT2D eigenvalue weighted by Crippen LogP contribution is -2.43. The van der Waals surface area contributed by atoms with Gasteiger partial charge in [0.15, 0.2) is 0 Å². The van der Waals surface area contributed by atoms with Crippen LogP contribution in [0.25, 0.3) is 0 Å². The summed E-state index contributed by atoms with van der Waals surface area (Å²) in [4.78, 5) is 15.2. The van der Waals surface area contributed by atoms with Gasteiger partial charge in [-0.2, -0.15) is 0 Å². The Labute approximate surface area is 114 Å². The summed E-state index contributed by atoms with van der Waals surface area (Å²) >= 11 is 0. The normalized spacial score (nSPS) is 11.9. The summed E-state index contributed by atoms with van der Waals surface area (Å²) in [5.41, 5.74) is -0.351. The number of ether oxygens (including phenoxy) is 1. The van der Waals surface area contributed by atoms with Crippen LogP contribution in [0.1, 0.15) is 20.8 Å². The number of anilines is 1. The number of hydrogen-bond donors (Lipinski definition) is 2. The number of aromatic nitrogens is 1. The molecular formula is C12H16F3N3O2. The maximum atomic E-state index is 11.9. The zero-order chi connectivity index (χ0) is 15.4. The Balaban J connectivity index is 2.48. The molecular weight excluding hydrogens is 275 g/mol. The third-order valence-electron chi connectivity index (χ3n) is 1.91. The highest BCUT2D eigenvalue weighted by Crippen LogP contribution is 2.22. The molecule has 0 saturated carbocycles. The van der Waals surface area contributed by atoms with Crippen LogP contribution in [0.4, 0.5) is 19.0 Å². The fraction of sp³-hybridized carbons (Fsp3) is 0.500. The lowest BCUT2D eigenvalue weighted by atomic mass is 10.1. The van der Waals surface area contributed by atoms with Crippen molar-refractivity contribution in [3.05, 3.63) is 18.3 Å². The van der Waals surface area contributed by atoms with Gasteiger partial charge in [0, 0.05) is 5.54 Å². The van der Waals surface area contributed by atoms with Crippen LogP contribution in [0.3, 0.4) is 0 Å². The van der Waals surface area contributed by atoms with Crippen LogP contribution in [-0.4, -0.2) is 29.3 Å². The fourth-order valence-electron chi connectivity index (χ4n) is 1.31. The number of halogens is 3. The minimum absolute atomic E-state index is 0.0241. The number of alkyl halides is 3. The smallest absolute Gasteiger partial charge is 0.404 e. The zero-order valence-electron chi connectivity index (χ0n) is 11.3. The summed E-state index contributed by atoms with van der Waals surface area (Å²) in [6.45, 7) is 5.50. The van der Waals surface area contributed by atoms with E-state index in [1.165, 1.54) is 6.07 Å². The van der Waals surface area contributed by atoms with Crippen LogP contribution in [0, 0.1) is 0 Å². The average Bonchev–Trinajstić information content (AvgIpc) is 2.23. The third kappa shape index (κ3) is 6.81. The van der Waals surface area contributed by atoms with Gasteiger partial charge in [-0.1, -0.05) is 0 Å². The number of nitrogens with one attached hydrogen (secondary N) is 2. The van der Waals surface area contributed by atoms with E-state index in [4.69, 9.17) is 0 Å². The van der Waals surface area contributed by atoms with E-state index in [-0.39, 0.29) is 23.8 Å². The zero-order valence-corrected chi connectivity index (χ0v) is 11.3. The maximum Gasteiger partial charge on any atom is 0.573 e. The molecule has 112 valence electrons. The largest absolute Gasteiger partial charge is 0.573 e.